The van der Waals surface area contributed by atoms with E-state index in [-0.39, 0.29) is 18.0 Å². The van der Waals surface area contributed by atoms with Crippen molar-refractivity contribution in [2.75, 3.05) is 0 Å². The Morgan fingerprint density at radius 2 is 2.25 bits per heavy atom. The number of urea groups is 1. The molecule has 2 unspecified atom stereocenters. The SMILES string of the molecule is CC1(c2cnccn2)NC(=O)N(C2C=CCCC2)C1=O. The number of aromatic nitrogens is 2. The molecule has 1 aromatic heterocycles. The average molecular weight is 272 g/mol. The predicted molar refractivity (Wildman–Crippen MR) is 71.5 cm³/mol. The first-order valence-corrected chi connectivity index (χ1v) is 6.72. The van der Waals surface area contributed by atoms with Crippen LogP contribution in [-0.2, 0) is 10.3 Å². The van der Waals surface area contributed by atoms with Crippen molar-refractivity contribution in [3.8, 4) is 0 Å². The van der Waals surface area contributed by atoms with Gasteiger partial charge in [-0.1, -0.05) is 12.2 Å². The van der Waals surface area contributed by atoms with Crippen LogP contribution in [0.25, 0.3) is 0 Å². The number of hydrogen-bond donors (Lipinski definition) is 1. The molecule has 1 N–H and O–H groups in total. The average Bonchev–Trinajstić information content (AvgIpc) is 2.72. The number of allylic oxidation sites excluding steroid dienone is 1. The summed E-state index contributed by atoms with van der Waals surface area (Å²) < 4.78 is 0. The zero-order valence-electron chi connectivity index (χ0n) is 11.2. The number of hydrogen-bond acceptors (Lipinski definition) is 4. The molecule has 1 saturated heterocycles. The fourth-order valence-corrected chi connectivity index (χ4v) is 2.70. The van der Waals surface area contributed by atoms with Crippen LogP contribution in [0.4, 0.5) is 4.79 Å². The van der Waals surface area contributed by atoms with Crippen molar-refractivity contribution >= 4 is 11.9 Å². The van der Waals surface area contributed by atoms with E-state index in [4.69, 9.17) is 0 Å². The lowest BCUT2D eigenvalue weighted by molar-refractivity contribution is -0.132. The van der Waals surface area contributed by atoms with Crippen LogP contribution in [-0.4, -0.2) is 32.8 Å². The van der Waals surface area contributed by atoms with Crippen molar-refractivity contribution in [3.63, 3.8) is 0 Å². The summed E-state index contributed by atoms with van der Waals surface area (Å²) in [7, 11) is 0. The minimum Gasteiger partial charge on any atom is -0.318 e. The number of imide groups is 1. The first kappa shape index (κ1) is 12.8. The Morgan fingerprint density at radius 1 is 1.40 bits per heavy atom. The first-order chi connectivity index (χ1) is 9.63. The van der Waals surface area contributed by atoms with Gasteiger partial charge in [-0.3, -0.25) is 19.7 Å². The van der Waals surface area contributed by atoms with Gasteiger partial charge < -0.3 is 5.32 Å². The van der Waals surface area contributed by atoms with E-state index in [1.807, 2.05) is 12.2 Å². The van der Waals surface area contributed by atoms with Crippen LogP contribution in [0.1, 0.15) is 31.9 Å². The van der Waals surface area contributed by atoms with Gasteiger partial charge in [0.2, 0.25) is 0 Å². The number of amides is 3. The van der Waals surface area contributed by atoms with Crippen molar-refractivity contribution in [1.82, 2.24) is 20.2 Å². The minimum absolute atomic E-state index is 0.158. The first-order valence-electron chi connectivity index (χ1n) is 6.72. The lowest BCUT2D eigenvalue weighted by Crippen LogP contribution is -2.43. The Balaban J connectivity index is 1.94. The van der Waals surface area contributed by atoms with Crippen molar-refractivity contribution in [2.24, 2.45) is 0 Å². The zero-order valence-corrected chi connectivity index (χ0v) is 11.2. The fraction of sp³-hybridized carbons (Fsp3) is 0.429. The molecule has 1 aliphatic heterocycles. The Labute approximate surface area is 116 Å². The number of nitrogens with zero attached hydrogens (tertiary/aromatic N) is 3. The number of carbonyl (C=O) groups is 2. The summed E-state index contributed by atoms with van der Waals surface area (Å²) in [5.41, 5.74) is -0.669. The molecule has 1 aliphatic carbocycles. The van der Waals surface area contributed by atoms with Crippen molar-refractivity contribution in [2.45, 2.75) is 37.8 Å². The van der Waals surface area contributed by atoms with E-state index >= 15 is 0 Å². The molecule has 0 aromatic carbocycles. The Morgan fingerprint density at radius 3 is 2.90 bits per heavy atom. The molecule has 2 heterocycles. The zero-order chi connectivity index (χ0) is 14.2. The molecule has 1 fully saturated rings. The lowest BCUT2D eigenvalue weighted by atomic mass is 9.96. The third-order valence-corrected chi connectivity index (χ3v) is 3.86. The number of nitrogens with one attached hydrogen (secondary N) is 1. The van der Waals surface area contributed by atoms with Gasteiger partial charge in [0.1, 0.15) is 0 Å². The number of carbonyl (C=O) groups excluding carboxylic acids is 2. The summed E-state index contributed by atoms with van der Waals surface area (Å²) in [6.45, 7) is 1.67. The summed E-state index contributed by atoms with van der Waals surface area (Å²) in [4.78, 5) is 34.3. The third-order valence-electron chi connectivity index (χ3n) is 3.86. The van der Waals surface area contributed by atoms with Crippen LogP contribution in [0.2, 0.25) is 0 Å². The maximum absolute atomic E-state index is 12.7. The standard InChI is InChI=1S/C14H16N4O2/c1-14(11-9-15-7-8-16-11)12(19)18(13(20)17-14)10-5-3-2-4-6-10/h3,5,7-10H,2,4,6H2,1H3,(H,17,20). The van der Waals surface area contributed by atoms with Gasteiger partial charge in [0.15, 0.2) is 5.54 Å². The highest BCUT2D eigenvalue weighted by Crippen LogP contribution is 2.30. The summed E-state index contributed by atoms with van der Waals surface area (Å²) in [5.74, 6) is -0.264. The van der Waals surface area contributed by atoms with Crippen LogP contribution in [0, 0.1) is 0 Å². The maximum Gasteiger partial charge on any atom is 0.325 e. The Hall–Kier alpha value is -2.24. The van der Waals surface area contributed by atoms with Crippen molar-refractivity contribution in [1.29, 1.82) is 0 Å². The molecular formula is C14H16N4O2. The molecule has 6 heteroatoms. The van der Waals surface area contributed by atoms with E-state index in [2.05, 4.69) is 15.3 Å². The molecule has 6 nitrogen and oxygen atoms in total. The molecular weight excluding hydrogens is 256 g/mol. The van der Waals surface area contributed by atoms with Gasteiger partial charge >= 0.3 is 6.03 Å². The van der Waals surface area contributed by atoms with Crippen LogP contribution >= 0.6 is 0 Å². The van der Waals surface area contributed by atoms with E-state index < -0.39 is 5.54 Å². The molecule has 0 spiro atoms. The maximum atomic E-state index is 12.7. The van der Waals surface area contributed by atoms with Gasteiger partial charge in [0, 0.05) is 12.4 Å². The van der Waals surface area contributed by atoms with Crippen molar-refractivity contribution in [3.05, 3.63) is 36.4 Å². The van der Waals surface area contributed by atoms with Gasteiger partial charge in [-0.2, -0.15) is 0 Å². The highest BCUT2D eigenvalue weighted by Gasteiger charge is 2.51. The molecule has 0 saturated carbocycles. The minimum atomic E-state index is -1.13. The molecule has 20 heavy (non-hydrogen) atoms. The second-order valence-corrected chi connectivity index (χ2v) is 5.25. The lowest BCUT2D eigenvalue weighted by Gasteiger charge is -2.26. The van der Waals surface area contributed by atoms with Crippen LogP contribution in [0.5, 0.6) is 0 Å². The van der Waals surface area contributed by atoms with Gasteiger partial charge in [0.25, 0.3) is 5.91 Å². The van der Waals surface area contributed by atoms with Crippen molar-refractivity contribution < 1.29 is 9.59 Å². The highest BCUT2D eigenvalue weighted by molar-refractivity contribution is 6.07. The number of rotatable bonds is 2. The smallest absolute Gasteiger partial charge is 0.318 e. The van der Waals surface area contributed by atoms with E-state index in [9.17, 15) is 9.59 Å². The molecule has 2 atom stereocenters. The van der Waals surface area contributed by atoms with Crippen LogP contribution < -0.4 is 5.32 Å². The monoisotopic (exact) mass is 272 g/mol. The molecule has 104 valence electrons. The molecule has 0 radical (unpaired) electrons. The highest BCUT2D eigenvalue weighted by atomic mass is 16.2. The predicted octanol–water partition coefficient (Wildman–Crippen LogP) is 1.35. The Bertz CT molecular complexity index is 572. The Kier molecular flexibility index (Phi) is 3.00. The summed E-state index contributed by atoms with van der Waals surface area (Å²) in [6, 6.07) is -0.519. The summed E-state index contributed by atoms with van der Waals surface area (Å²) in [5, 5.41) is 2.74. The fourth-order valence-electron chi connectivity index (χ4n) is 2.70. The van der Waals surface area contributed by atoms with Crippen LogP contribution in [0.15, 0.2) is 30.7 Å². The topological polar surface area (TPSA) is 75.2 Å². The largest absolute Gasteiger partial charge is 0.325 e. The molecule has 2 aliphatic rings. The normalized spacial score (nSPS) is 29.6. The van der Waals surface area contributed by atoms with Gasteiger partial charge in [-0.05, 0) is 26.2 Å². The second-order valence-electron chi connectivity index (χ2n) is 5.25. The van der Waals surface area contributed by atoms with Gasteiger partial charge in [0.05, 0.1) is 17.9 Å². The summed E-state index contributed by atoms with van der Waals surface area (Å²) in [6.07, 6.45) is 11.3. The third kappa shape index (κ3) is 1.88. The quantitative estimate of drug-likeness (QED) is 0.651. The van der Waals surface area contributed by atoms with Gasteiger partial charge in [-0.25, -0.2) is 4.79 Å². The summed E-state index contributed by atoms with van der Waals surface area (Å²) >= 11 is 0. The molecule has 0 bridgehead atoms. The molecule has 3 rings (SSSR count). The van der Waals surface area contributed by atoms with E-state index in [0.29, 0.717) is 5.69 Å². The van der Waals surface area contributed by atoms with Crippen LogP contribution in [0.3, 0.4) is 0 Å². The van der Waals surface area contributed by atoms with Gasteiger partial charge in [-0.15, -0.1) is 0 Å². The second kappa shape index (κ2) is 4.70. The molecule has 1 aromatic rings. The van der Waals surface area contributed by atoms with E-state index in [1.165, 1.54) is 23.5 Å². The van der Waals surface area contributed by atoms with E-state index in [1.54, 1.807) is 6.92 Å². The van der Waals surface area contributed by atoms with E-state index in [0.717, 1.165) is 19.3 Å². The molecule has 3 amide bonds.